The molecule has 0 unspecified atom stereocenters. The molecule has 146 valence electrons. The molecule has 3 rings (SSSR count). The van der Waals surface area contributed by atoms with Gasteiger partial charge in [-0.1, -0.05) is 23.2 Å². The average molecular weight is 430 g/mol. The van der Waals surface area contributed by atoms with Crippen molar-refractivity contribution in [2.75, 3.05) is 36.4 Å². The molecule has 0 bridgehead atoms. The van der Waals surface area contributed by atoms with Crippen LogP contribution in [0, 0.1) is 6.92 Å². The van der Waals surface area contributed by atoms with Crippen LogP contribution in [0.25, 0.3) is 0 Å². The van der Waals surface area contributed by atoms with E-state index in [1.807, 2.05) is 13.0 Å². The number of aryl methyl sites for hydroxylation is 1. The molecular weight excluding hydrogens is 409 g/mol. The second-order valence-corrected chi connectivity index (χ2v) is 8.83. The largest absolute Gasteiger partial charge is 0.369 e. The van der Waals surface area contributed by atoms with Crippen LogP contribution in [0.1, 0.15) is 18.7 Å². The van der Waals surface area contributed by atoms with E-state index in [0.717, 1.165) is 18.9 Å². The summed E-state index contributed by atoms with van der Waals surface area (Å²) >= 11 is 11.8. The minimum Gasteiger partial charge on any atom is -0.369 e. The Labute approximate surface area is 169 Å². The van der Waals surface area contributed by atoms with Gasteiger partial charge in [0.15, 0.2) is 0 Å². The lowest BCUT2D eigenvalue weighted by atomic mass is 10.4. The molecule has 0 radical (unpaired) electrons. The highest BCUT2D eigenvalue weighted by atomic mass is 35.5. The lowest BCUT2D eigenvalue weighted by Gasteiger charge is -2.18. The van der Waals surface area contributed by atoms with Gasteiger partial charge in [0, 0.05) is 37.3 Å². The number of anilines is 2. The lowest BCUT2D eigenvalue weighted by Crippen LogP contribution is -2.29. The van der Waals surface area contributed by atoms with Crippen LogP contribution in [0.4, 0.5) is 11.6 Å². The number of hydrogen-bond donors (Lipinski definition) is 2. The first-order valence-corrected chi connectivity index (χ1v) is 10.9. The predicted molar refractivity (Wildman–Crippen MR) is 108 cm³/mol. The van der Waals surface area contributed by atoms with Gasteiger partial charge in [-0.2, -0.15) is 0 Å². The molecule has 2 N–H and O–H groups in total. The van der Waals surface area contributed by atoms with Gasteiger partial charge in [-0.05, 0) is 38.0 Å². The predicted octanol–water partition coefficient (Wildman–Crippen LogP) is 3.08. The number of nitrogens with zero attached hydrogens (tertiary/aromatic N) is 3. The summed E-state index contributed by atoms with van der Waals surface area (Å²) in [5.74, 6) is 2.24. The van der Waals surface area contributed by atoms with Gasteiger partial charge in [0.2, 0.25) is 10.0 Å². The van der Waals surface area contributed by atoms with E-state index in [-0.39, 0.29) is 16.5 Å². The smallest absolute Gasteiger partial charge is 0.242 e. The third-order valence-electron chi connectivity index (χ3n) is 4.16. The first-order valence-electron chi connectivity index (χ1n) is 8.64. The Morgan fingerprint density at radius 2 is 1.85 bits per heavy atom. The van der Waals surface area contributed by atoms with Crippen LogP contribution in [0.15, 0.2) is 29.2 Å². The molecule has 1 aliphatic heterocycles. The summed E-state index contributed by atoms with van der Waals surface area (Å²) in [6.45, 7) is 4.38. The molecule has 0 atom stereocenters. The van der Waals surface area contributed by atoms with E-state index in [4.69, 9.17) is 23.2 Å². The standard InChI is InChI=1S/C17H21Cl2N5O2S/c1-12-22-16(11-17(23-12)24-8-2-3-9-24)20-6-7-21-27(25,26)15-10-13(18)4-5-14(15)19/h4-5,10-11,21H,2-3,6-9H2,1H3,(H,20,22,23). The summed E-state index contributed by atoms with van der Waals surface area (Å²) in [7, 11) is -3.74. The van der Waals surface area contributed by atoms with Crippen molar-refractivity contribution in [3.8, 4) is 0 Å². The number of sulfonamides is 1. The first-order chi connectivity index (χ1) is 12.8. The molecule has 1 aromatic heterocycles. The fourth-order valence-electron chi connectivity index (χ4n) is 2.89. The number of hydrogen-bond acceptors (Lipinski definition) is 6. The van der Waals surface area contributed by atoms with Crippen LogP contribution in [0.5, 0.6) is 0 Å². The van der Waals surface area contributed by atoms with E-state index < -0.39 is 10.0 Å². The van der Waals surface area contributed by atoms with Crippen LogP contribution in [0.2, 0.25) is 10.0 Å². The summed E-state index contributed by atoms with van der Waals surface area (Å²) in [6.07, 6.45) is 2.33. The zero-order chi connectivity index (χ0) is 19.4. The van der Waals surface area contributed by atoms with E-state index in [1.165, 1.54) is 25.0 Å². The van der Waals surface area contributed by atoms with E-state index in [0.29, 0.717) is 23.2 Å². The average Bonchev–Trinajstić information content (AvgIpc) is 3.15. The molecule has 1 fully saturated rings. The van der Waals surface area contributed by atoms with Crippen LogP contribution < -0.4 is 14.9 Å². The normalized spacial score (nSPS) is 14.6. The molecular formula is C17H21Cl2N5O2S. The number of aromatic nitrogens is 2. The van der Waals surface area contributed by atoms with Crippen molar-refractivity contribution >= 4 is 44.9 Å². The summed E-state index contributed by atoms with van der Waals surface area (Å²) in [6, 6.07) is 6.22. The van der Waals surface area contributed by atoms with Crippen molar-refractivity contribution in [1.82, 2.24) is 14.7 Å². The van der Waals surface area contributed by atoms with Crippen molar-refractivity contribution in [1.29, 1.82) is 0 Å². The van der Waals surface area contributed by atoms with E-state index in [1.54, 1.807) is 6.07 Å². The third kappa shape index (κ3) is 5.22. The molecule has 10 heteroatoms. The molecule has 1 saturated heterocycles. The van der Waals surface area contributed by atoms with Crippen LogP contribution in [-0.2, 0) is 10.0 Å². The van der Waals surface area contributed by atoms with E-state index in [2.05, 4.69) is 24.9 Å². The molecule has 0 aliphatic carbocycles. The van der Waals surface area contributed by atoms with Crippen LogP contribution in [0.3, 0.4) is 0 Å². The maximum Gasteiger partial charge on any atom is 0.242 e. The Morgan fingerprint density at radius 1 is 1.11 bits per heavy atom. The third-order valence-corrected chi connectivity index (χ3v) is 6.34. The SMILES string of the molecule is Cc1nc(NCCNS(=O)(=O)c2cc(Cl)ccc2Cl)cc(N2CCCC2)n1. The Morgan fingerprint density at radius 3 is 2.59 bits per heavy atom. The van der Waals surface area contributed by atoms with Gasteiger partial charge >= 0.3 is 0 Å². The number of rotatable bonds is 7. The molecule has 0 saturated carbocycles. The van der Waals surface area contributed by atoms with Gasteiger partial charge in [0.25, 0.3) is 0 Å². The first kappa shape index (κ1) is 20.1. The van der Waals surface area contributed by atoms with Crippen molar-refractivity contribution in [2.45, 2.75) is 24.7 Å². The van der Waals surface area contributed by atoms with Crippen LogP contribution in [-0.4, -0.2) is 44.6 Å². The highest BCUT2D eigenvalue weighted by molar-refractivity contribution is 7.89. The van der Waals surface area contributed by atoms with Gasteiger partial charge in [0.1, 0.15) is 22.4 Å². The molecule has 1 aliphatic rings. The lowest BCUT2D eigenvalue weighted by molar-refractivity contribution is 0.583. The maximum absolute atomic E-state index is 12.4. The van der Waals surface area contributed by atoms with Gasteiger partial charge in [-0.3, -0.25) is 0 Å². The van der Waals surface area contributed by atoms with Crippen molar-refractivity contribution in [2.24, 2.45) is 0 Å². The van der Waals surface area contributed by atoms with Crippen molar-refractivity contribution in [3.63, 3.8) is 0 Å². The molecule has 27 heavy (non-hydrogen) atoms. The second kappa shape index (κ2) is 8.60. The summed E-state index contributed by atoms with van der Waals surface area (Å²) < 4.78 is 27.3. The molecule has 2 heterocycles. The Balaban J connectivity index is 1.59. The molecule has 0 spiro atoms. The number of halogens is 2. The van der Waals surface area contributed by atoms with Gasteiger partial charge in [-0.25, -0.2) is 23.1 Å². The molecule has 0 amide bonds. The molecule has 2 aromatic rings. The monoisotopic (exact) mass is 429 g/mol. The number of nitrogens with one attached hydrogen (secondary N) is 2. The number of benzene rings is 1. The summed E-state index contributed by atoms with van der Waals surface area (Å²) in [4.78, 5) is 11.0. The Bertz CT molecular complexity index is 918. The van der Waals surface area contributed by atoms with Gasteiger partial charge in [0.05, 0.1) is 5.02 Å². The summed E-state index contributed by atoms with van der Waals surface area (Å²) in [5, 5.41) is 3.57. The zero-order valence-electron chi connectivity index (χ0n) is 14.9. The summed E-state index contributed by atoms with van der Waals surface area (Å²) in [5.41, 5.74) is 0. The maximum atomic E-state index is 12.4. The fraction of sp³-hybridized carbons (Fsp3) is 0.412. The molecule has 7 nitrogen and oxygen atoms in total. The Kier molecular flexibility index (Phi) is 6.41. The fourth-order valence-corrected chi connectivity index (χ4v) is 4.68. The minimum atomic E-state index is -3.74. The highest BCUT2D eigenvalue weighted by Crippen LogP contribution is 2.24. The van der Waals surface area contributed by atoms with Crippen molar-refractivity contribution < 1.29 is 8.42 Å². The highest BCUT2D eigenvalue weighted by Gasteiger charge is 2.18. The Hall–Kier alpha value is -1.61. The van der Waals surface area contributed by atoms with Crippen molar-refractivity contribution in [3.05, 3.63) is 40.1 Å². The molecule has 1 aromatic carbocycles. The van der Waals surface area contributed by atoms with E-state index in [9.17, 15) is 8.42 Å². The zero-order valence-corrected chi connectivity index (χ0v) is 17.2. The van der Waals surface area contributed by atoms with E-state index >= 15 is 0 Å². The topological polar surface area (TPSA) is 87.2 Å². The van der Waals surface area contributed by atoms with Crippen LogP contribution >= 0.6 is 23.2 Å². The second-order valence-electron chi connectivity index (χ2n) is 6.25. The van der Waals surface area contributed by atoms with Gasteiger partial charge in [-0.15, -0.1) is 0 Å². The quantitative estimate of drug-likeness (QED) is 0.657. The van der Waals surface area contributed by atoms with Gasteiger partial charge < -0.3 is 10.2 Å². The minimum absolute atomic E-state index is 0.0362.